The van der Waals surface area contributed by atoms with Crippen LogP contribution >= 0.6 is 0 Å². The van der Waals surface area contributed by atoms with Gasteiger partial charge in [0.15, 0.2) is 0 Å². The number of rotatable bonds is 7. The van der Waals surface area contributed by atoms with E-state index in [1.807, 2.05) is 0 Å². The Balaban J connectivity index is 1.63. The molecule has 20 heavy (non-hydrogen) atoms. The number of hydrogen-bond acceptors (Lipinski definition) is 3. The van der Waals surface area contributed by atoms with Crippen molar-refractivity contribution >= 4 is 0 Å². The molecular weight excluding hydrogens is 248 g/mol. The fourth-order valence-corrected chi connectivity index (χ4v) is 2.56. The number of hydrogen-bond donors (Lipinski definition) is 1. The molecule has 1 fully saturated rings. The average molecular weight is 276 g/mol. The maximum absolute atomic E-state index is 5.35. The van der Waals surface area contributed by atoms with E-state index in [1.165, 1.54) is 17.5 Å². The number of nitrogens with zero attached hydrogens (tertiary/aromatic N) is 1. The highest BCUT2D eigenvalue weighted by molar-refractivity contribution is 5.22. The first kappa shape index (κ1) is 15.5. The zero-order valence-electron chi connectivity index (χ0n) is 12.9. The van der Waals surface area contributed by atoms with Crippen LogP contribution in [-0.4, -0.2) is 44.3 Å². The molecular formula is C17H28N2O. The first-order chi connectivity index (χ1) is 9.74. The first-order valence-corrected chi connectivity index (χ1v) is 7.82. The van der Waals surface area contributed by atoms with Crippen molar-refractivity contribution in [1.29, 1.82) is 0 Å². The summed E-state index contributed by atoms with van der Waals surface area (Å²) in [7, 11) is 0. The molecule has 1 aliphatic rings. The van der Waals surface area contributed by atoms with Gasteiger partial charge < -0.3 is 10.1 Å². The number of benzene rings is 1. The molecule has 3 heteroatoms. The van der Waals surface area contributed by atoms with E-state index in [-0.39, 0.29) is 0 Å². The standard InChI is InChI=1S/C17H28N2O/c1-15(2)13-16-3-5-17(6-4-16)14-18-7-8-19-9-11-20-12-10-19/h3-6,15,18H,7-14H2,1-2H3. The summed E-state index contributed by atoms with van der Waals surface area (Å²) in [6.45, 7) is 11.6. The molecule has 1 aromatic rings. The van der Waals surface area contributed by atoms with Gasteiger partial charge in [-0.05, 0) is 23.5 Å². The van der Waals surface area contributed by atoms with Crippen molar-refractivity contribution in [3.63, 3.8) is 0 Å². The lowest BCUT2D eigenvalue weighted by atomic mass is 10.0. The molecule has 0 aliphatic carbocycles. The lowest BCUT2D eigenvalue weighted by Crippen LogP contribution is -2.40. The molecule has 0 bridgehead atoms. The van der Waals surface area contributed by atoms with Crippen LogP contribution in [0.2, 0.25) is 0 Å². The van der Waals surface area contributed by atoms with Crippen molar-refractivity contribution in [2.75, 3.05) is 39.4 Å². The molecule has 0 saturated carbocycles. The summed E-state index contributed by atoms with van der Waals surface area (Å²) in [6.07, 6.45) is 1.17. The van der Waals surface area contributed by atoms with E-state index in [2.05, 4.69) is 48.3 Å². The fraction of sp³-hybridized carbons (Fsp3) is 0.647. The second-order valence-corrected chi connectivity index (χ2v) is 6.05. The van der Waals surface area contributed by atoms with E-state index in [0.29, 0.717) is 0 Å². The van der Waals surface area contributed by atoms with Gasteiger partial charge in [0.1, 0.15) is 0 Å². The third-order valence-electron chi connectivity index (χ3n) is 3.70. The highest BCUT2D eigenvalue weighted by atomic mass is 16.5. The Kier molecular flexibility index (Phi) is 6.51. The lowest BCUT2D eigenvalue weighted by Gasteiger charge is -2.26. The van der Waals surface area contributed by atoms with Crippen LogP contribution in [0.1, 0.15) is 25.0 Å². The van der Waals surface area contributed by atoms with E-state index in [1.54, 1.807) is 0 Å². The topological polar surface area (TPSA) is 24.5 Å². The Morgan fingerprint density at radius 3 is 2.40 bits per heavy atom. The molecule has 0 amide bonds. The molecule has 0 atom stereocenters. The molecule has 1 aromatic carbocycles. The quantitative estimate of drug-likeness (QED) is 0.774. The monoisotopic (exact) mass is 276 g/mol. The van der Waals surface area contributed by atoms with E-state index < -0.39 is 0 Å². The van der Waals surface area contributed by atoms with Crippen LogP contribution in [0.5, 0.6) is 0 Å². The van der Waals surface area contributed by atoms with Gasteiger partial charge in [-0.2, -0.15) is 0 Å². The van der Waals surface area contributed by atoms with Crippen LogP contribution in [0, 0.1) is 5.92 Å². The Hall–Kier alpha value is -0.900. The number of morpholine rings is 1. The van der Waals surface area contributed by atoms with Gasteiger partial charge in [0.05, 0.1) is 13.2 Å². The molecule has 3 nitrogen and oxygen atoms in total. The second kappa shape index (κ2) is 8.40. The molecule has 112 valence electrons. The van der Waals surface area contributed by atoms with E-state index in [4.69, 9.17) is 4.74 Å². The summed E-state index contributed by atoms with van der Waals surface area (Å²) in [4.78, 5) is 2.46. The minimum atomic E-state index is 0.729. The van der Waals surface area contributed by atoms with Gasteiger partial charge in [0, 0.05) is 32.7 Å². The predicted molar refractivity (Wildman–Crippen MR) is 83.9 cm³/mol. The van der Waals surface area contributed by atoms with Crippen molar-refractivity contribution in [3.8, 4) is 0 Å². The summed E-state index contributed by atoms with van der Waals surface area (Å²) < 4.78 is 5.35. The van der Waals surface area contributed by atoms with Crippen LogP contribution in [0.25, 0.3) is 0 Å². The molecule has 1 heterocycles. The molecule has 0 unspecified atom stereocenters. The molecule has 1 N–H and O–H groups in total. The summed E-state index contributed by atoms with van der Waals surface area (Å²) in [6, 6.07) is 9.02. The van der Waals surface area contributed by atoms with Gasteiger partial charge >= 0.3 is 0 Å². The zero-order chi connectivity index (χ0) is 14.2. The van der Waals surface area contributed by atoms with Crippen molar-refractivity contribution < 1.29 is 4.74 Å². The lowest BCUT2D eigenvalue weighted by molar-refractivity contribution is 0.0384. The van der Waals surface area contributed by atoms with Crippen LogP contribution in [0.4, 0.5) is 0 Å². The van der Waals surface area contributed by atoms with Crippen LogP contribution < -0.4 is 5.32 Å². The minimum absolute atomic E-state index is 0.729. The SMILES string of the molecule is CC(C)Cc1ccc(CNCCN2CCOCC2)cc1. The largest absolute Gasteiger partial charge is 0.379 e. The normalized spacial score (nSPS) is 16.8. The minimum Gasteiger partial charge on any atom is -0.379 e. The van der Waals surface area contributed by atoms with Gasteiger partial charge in [-0.3, -0.25) is 4.90 Å². The van der Waals surface area contributed by atoms with Crippen molar-refractivity contribution in [2.24, 2.45) is 5.92 Å². The van der Waals surface area contributed by atoms with Crippen molar-refractivity contribution in [2.45, 2.75) is 26.8 Å². The fourth-order valence-electron chi connectivity index (χ4n) is 2.56. The molecule has 0 radical (unpaired) electrons. The maximum atomic E-state index is 5.35. The Bertz CT molecular complexity index is 369. The van der Waals surface area contributed by atoms with Gasteiger partial charge in [-0.15, -0.1) is 0 Å². The summed E-state index contributed by atoms with van der Waals surface area (Å²) in [5.41, 5.74) is 2.82. The highest BCUT2D eigenvalue weighted by Crippen LogP contribution is 2.09. The number of ether oxygens (including phenoxy) is 1. The van der Waals surface area contributed by atoms with Crippen LogP contribution in [-0.2, 0) is 17.7 Å². The zero-order valence-corrected chi connectivity index (χ0v) is 12.9. The maximum Gasteiger partial charge on any atom is 0.0594 e. The van der Waals surface area contributed by atoms with Crippen LogP contribution in [0.3, 0.4) is 0 Å². The smallest absolute Gasteiger partial charge is 0.0594 e. The third kappa shape index (κ3) is 5.61. The van der Waals surface area contributed by atoms with Crippen molar-refractivity contribution in [3.05, 3.63) is 35.4 Å². The molecule has 2 rings (SSSR count). The summed E-state index contributed by atoms with van der Waals surface area (Å²) >= 11 is 0. The van der Waals surface area contributed by atoms with E-state index in [9.17, 15) is 0 Å². The third-order valence-corrected chi connectivity index (χ3v) is 3.70. The molecule has 0 aromatic heterocycles. The van der Waals surface area contributed by atoms with Gasteiger partial charge in [0.25, 0.3) is 0 Å². The molecule has 1 aliphatic heterocycles. The van der Waals surface area contributed by atoms with E-state index in [0.717, 1.165) is 51.9 Å². The highest BCUT2D eigenvalue weighted by Gasteiger charge is 2.08. The second-order valence-electron chi connectivity index (χ2n) is 6.05. The van der Waals surface area contributed by atoms with E-state index >= 15 is 0 Å². The Morgan fingerprint density at radius 1 is 1.10 bits per heavy atom. The van der Waals surface area contributed by atoms with Crippen molar-refractivity contribution in [1.82, 2.24) is 10.2 Å². The average Bonchev–Trinajstić information content (AvgIpc) is 2.46. The summed E-state index contributed by atoms with van der Waals surface area (Å²) in [5.74, 6) is 0.729. The molecule has 1 saturated heterocycles. The van der Waals surface area contributed by atoms with Gasteiger partial charge in [0.2, 0.25) is 0 Å². The number of nitrogens with one attached hydrogen (secondary N) is 1. The summed E-state index contributed by atoms with van der Waals surface area (Å²) in [5, 5.41) is 3.53. The Morgan fingerprint density at radius 2 is 1.75 bits per heavy atom. The van der Waals surface area contributed by atoms with Gasteiger partial charge in [-0.25, -0.2) is 0 Å². The first-order valence-electron chi connectivity index (χ1n) is 7.82. The molecule has 0 spiro atoms. The van der Waals surface area contributed by atoms with Gasteiger partial charge in [-0.1, -0.05) is 38.1 Å². The predicted octanol–water partition coefficient (Wildman–Crippen LogP) is 2.31. The Labute approximate surface area is 123 Å². The van der Waals surface area contributed by atoms with Crippen LogP contribution in [0.15, 0.2) is 24.3 Å².